The van der Waals surface area contributed by atoms with Crippen molar-refractivity contribution < 1.29 is 0 Å². The van der Waals surface area contributed by atoms with Crippen molar-refractivity contribution >= 4 is 22.6 Å². The largest absolute Gasteiger partial charge is 0.107 e. The van der Waals surface area contributed by atoms with Gasteiger partial charge in [0.15, 0.2) is 0 Å². The highest BCUT2D eigenvalue weighted by molar-refractivity contribution is 14.1. The van der Waals surface area contributed by atoms with Gasteiger partial charge in [-0.15, -0.1) is 11.8 Å². The summed E-state index contributed by atoms with van der Waals surface area (Å²) in [6.07, 6.45) is 10.7. The molecule has 0 fully saturated rings. The zero-order valence-corrected chi connectivity index (χ0v) is 8.76. The molecule has 1 unspecified atom stereocenters. The Morgan fingerprint density at radius 1 is 1.55 bits per heavy atom. The minimum absolute atomic E-state index is 0.259. The summed E-state index contributed by atoms with van der Waals surface area (Å²) in [5.41, 5.74) is 0. The second-order valence-electron chi connectivity index (χ2n) is 2.63. The molecule has 0 radical (unpaired) electrons. The van der Waals surface area contributed by atoms with Crippen molar-refractivity contribution in [3.63, 3.8) is 0 Å². The molecule has 0 spiro atoms. The molecule has 1 aliphatic rings. The van der Waals surface area contributed by atoms with E-state index in [0.29, 0.717) is 0 Å². The van der Waals surface area contributed by atoms with Crippen molar-refractivity contribution in [1.82, 2.24) is 0 Å². The van der Waals surface area contributed by atoms with Gasteiger partial charge in [0.05, 0.1) is 3.42 Å². The molecule has 1 rings (SSSR count). The fourth-order valence-corrected chi connectivity index (χ4v) is 1.66. The number of hydrogen-bond acceptors (Lipinski definition) is 0. The van der Waals surface area contributed by atoms with Crippen LogP contribution in [0.1, 0.15) is 19.8 Å². The summed E-state index contributed by atoms with van der Waals surface area (Å²) in [6, 6.07) is 0. The summed E-state index contributed by atoms with van der Waals surface area (Å²) in [6.45, 7) is 1.89. The lowest BCUT2D eigenvalue weighted by atomic mass is 9.98. The van der Waals surface area contributed by atoms with Crippen LogP contribution in [0.3, 0.4) is 0 Å². The van der Waals surface area contributed by atoms with Crippen LogP contribution in [-0.2, 0) is 0 Å². The molecular formula is C10H11I. The van der Waals surface area contributed by atoms with E-state index >= 15 is 0 Å². The number of halogens is 1. The van der Waals surface area contributed by atoms with Gasteiger partial charge in [0.1, 0.15) is 0 Å². The van der Waals surface area contributed by atoms with Gasteiger partial charge in [0.25, 0.3) is 0 Å². The number of alkyl halides is 1. The zero-order valence-electron chi connectivity index (χ0n) is 6.60. The molecule has 0 aromatic rings. The van der Waals surface area contributed by atoms with Crippen LogP contribution >= 0.6 is 22.6 Å². The van der Waals surface area contributed by atoms with Gasteiger partial charge in [-0.05, 0) is 13.3 Å². The maximum Gasteiger partial charge on any atom is 0.0547 e. The van der Waals surface area contributed by atoms with Gasteiger partial charge < -0.3 is 0 Å². The van der Waals surface area contributed by atoms with Gasteiger partial charge in [-0.2, -0.15) is 0 Å². The standard InChI is InChI=1S/C10H11I/c1-2-3-7-10(11)8-5-4-6-9-10/h4-6,8H,7,9H2,1H3. The first-order valence-corrected chi connectivity index (χ1v) is 4.78. The van der Waals surface area contributed by atoms with E-state index in [4.69, 9.17) is 0 Å². The molecule has 1 atom stereocenters. The Labute approximate surface area is 81.9 Å². The molecule has 0 saturated heterocycles. The van der Waals surface area contributed by atoms with Crippen LogP contribution in [0.4, 0.5) is 0 Å². The van der Waals surface area contributed by atoms with Gasteiger partial charge in [0.2, 0.25) is 0 Å². The zero-order chi connectivity index (χ0) is 8.16. The fraction of sp³-hybridized carbons (Fsp3) is 0.400. The van der Waals surface area contributed by atoms with Gasteiger partial charge in [-0.3, -0.25) is 0 Å². The lowest BCUT2D eigenvalue weighted by molar-refractivity contribution is 0.775. The first kappa shape index (κ1) is 8.86. The van der Waals surface area contributed by atoms with E-state index in [1.165, 1.54) is 0 Å². The summed E-state index contributed by atoms with van der Waals surface area (Å²) in [4.78, 5) is 0. The normalized spacial score (nSPS) is 27.8. The quantitative estimate of drug-likeness (QED) is 0.385. The van der Waals surface area contributed by atoms with Crippen LogP contribution in [-0.4, -0.2) is 3.42 Å². The second kappa shape index (κ2) is 3.96. The summed E-state index contributed by atoms with van der Waals surface area (Å²) in [7, 11) is 0. The Morgan fingerprint density at radius 3 is 2.91 bits per heavy atom. The predicted octanol–water partition coefficient (Wildman–Crippen LogP) is 3.09. The third-order valence-electron chi connectivity index (χ3n) is 1.66. The lowest BCUT2D eigenvalue weighted by Crippen LogP contribution is -2.16. The molecule has 1 aliphatic carbocycles. The van der Waals surface area contributed by atoms with E-state index in [-0.39, 0.29) is 3.42 Å². The maximum absolute atomic E-state index is 3.12. The number of hydrogen-bond donors (Lipinski definition) is 0. The van der Waals surface area contributed by atoms with E-state index in [1.54, 1.807) is 0 Å². The molecule has 0 aromatic heterocycles. The van der Waals surface area contributed by atoms with Gasteiger partial charge in [-0.1, -0.05) is 46.9 Å². The van der Waals surface area contributed by atoms with Crippen molar-refractivity contribution in [2.45, 2.75) is 23.2 Å². The van der Waals surface area contributed by atoms with E-state index in [1.807, 2.05) is 6.92 Å². The average Bonchev–Trinajstić information content (AvgIpc) is 2.03. The first-order valence-electron chi connectivity index (χ1n) is 3.70. The van der Waals surface area contributed by atoms with Crippen LogP contribution in [0.5, 0.6) is 0 Å². The highest BCUT2D eigenvalue weighted by Crippen LogP contribution is 2.31. The van der Waals surface area contributed by atoms with Gasteiger partial charge >= 0.3 is 0 Å². The highest BCUT2D eigenvalue weighted by Gasteiger charge is 2.21. The molecule has 58 valence electrons. The molecule has 0 amide bonds. The van der Waals surface area contributed by atoms with Crippen molar-refractivity contribution in [1.29, 1.82) is 0 Å². The van der Waals surface area contributed by atoms with E-state index in [9.17, 15) is 0 Å². The maximum atomic E-state index is 3.12. The molecule has 0 aliphatic heterocycles. The van der Waals surface area contributed by atoms with Crippen LogP contribution in [0, 0.1) is 11.8 Å². The molecule has 0 aromatic carbocycles. The molecule has 0 bridgehead atoms. The van der Waals surface area contributed by atoms with E-state index in [0.717, 1.165) is 12.8 Å². The molecule has 0 heterocycles. The van der Waals surface area contributed by atoms with Crippen molar-refractivity contribution in [3.8, 4) is 11.8 Å². The molecule has 1 heteroatoms. The SMILES string of the molecule is CC#CCC1(I)C=CC=CC1. The predicted molar refractivity (Wildman–Crippen MR) is 57.7 cm³/mol. The molecular weight excluding hydrogens is 247 g/mol. The highest BCUT2D eigenvalue weighted by atomic mass is 127. The first-order chi connectivity index (χ1) is 5.27. The van der Waals surface area contributed by atoms with Crippen LogP contribution in [0.2, 0.25) is 0 Å². The Morgan fingerprint density at radius 2 is 2.36 bits per heavy atom. The van der Waals surface area contributed by atoms with Crippen LogP contribution < -0.4 is 0 Å². The Bertz CT molecular complexity index is 239. The average molecular weight is 258 g/mol. The molecule has 0 N–H and O–H groups in total. The lowest BCUT2D eigenvalue weighted by Gasteiger charge is -2.21. The third-order valence-corrected chi connectivity index (χ3v) is 2.84. The molecule has 0 nitrogen and oxygen atoms in total. The second-order valence-corrected chi connectivity index (χ2v) is 4.78. The Hall–Kier alpha value is -0.230. The van der Waals surface area contributed by atoms with Crippen LogP contribution in [0.15, 0.2) is 24.3 Å². The third kappa shape index (κ3) is 2.70. The number of allylic oxidation sites excluding steroid dienone is 4. The number of rotatable bonds is 1. The van der Waals surface area contributed by atoms with Crippen LogP contribution in [0.25, 0.3) is 0 Å². The Balaban J connectivity index is 2.58. The van der Waals surface area contributed by atoms with Crippen molar-refractivity contribution in [2.24, 2.45) is 0 Å². The molecule has 11 heavy (non-hydrogen) atoms. The summed E-state index contributed by atoms with van der Waals surface area (Å²) >= 11 is 2.47. The van der Waals surface area contributed by atoms with Gasteiger partial charge in [0, 0.05) is 6.42 Å². The van der Waals surface area contributed by atoms with Crippen molar-refractivity contribution in [2.75, 3.05) is 0 Å². The summed E-state index contributed by atoms with van der Waals surface area (Å²) < 4.78 is 0.259. The minimum Gasteiger partial charge on any atom is -0.107 e. The summed E-state index contributed by atoms with van der Waals surface area (Å²) in [5, 5.41) is 0. The van der Waals surface area contributed by atoms with E-state index in [2.05, 4.69) is 58.7 Å². The fourth-order valence-electron chi connectivity index (χ4n) is 1.00. The smallest absolute Gasteiger partial charge is 0.0547 e. The van der Waals surface area contributed by atoms with E-state index < -0.39 is 0 Å². The Kier molecular flexibility index (Phi) is 3.19. The topological polar surface area (TPSA) is 0 Å². The monoisotopic (exact) mass is 258 g/mol. The minimum atomic E-state index is 0.259. The van der Waals surface area contributed by atoms with Gasteiger partial charge in [-0.25, -0.2) is 0 Å². The van der Waals surface area contributed by atoms with Crippen molar-refractivity contribution in [3.05, 3.63) is 24.3 Å². The molecule has 0 saturated carbocycles. The summed E-state index contributed by atoms with van der Waals surface area (Å²) in [5.74, 6) is 6.04.